The lowest BCUT2D eigenvalue weighted by molar-refractivity contribution is 0.0898. The third-order valence-corrected chi connectivity index (χ3v) is 3.56. The van der Waals surface area contributed by atoms with Gasteiger partial charge in [0.25, 0.3) is 0 Å². The molecule has 0 N–H and O–H groups in total. The summed E-state index contributed by atoms with van der Waals surface area (Å²) in [5.41, 5.74) is 1.51. The average Bonchev–Trinajstić information content (AvgIpc) is 2.65. The van der Waals surface area contributed by atoms with Crippen LogP contribution in [0.1, 0.15) is 11.2 Å². The van der Waals surface area contributed by atoms with E-state index in [9.17, 15) is 4.79 Å². The summed E-state index contributed by atoms with van der Waals surface area (Å²) >= 11 is 1.64. The van der Waals surface area contributed by atoms with Crippen molar-refractivity contribution in [2.45, 2.75) is 11.3 Å². The Morgan fingerprint density at radius 2 is 2.38 bits per heavy atom. The number of nitrogens with zero attached hydrogens (tertiary/aromatic N) is 3. The number of carbonyl (C=O) groups excluding carboxylic acids is 1. The molecule has 0 bridgehead atoms. The molecule has 0 fully saturated rings. The summed E-state index contributed by atoms with van der Waals surface area (Å²) in [4.78, 5) is 12.7. The molecule has 5 nitrogen and oxygen atoms in total. The van der Waals surface area contributed by atoms with E-state index in [0.29, 0.717) is 11.9 Å². The van der Waals surface area contributed by atoms with Gasteiger partial charge >= 0.3 is 0 Å². The van der Waals surface area contributed by atoms with Crippen LogP contribution in [0.4, 0.5) is 0 Å². The monoisotopic (exact) mass is 235 g/mol. The Morgan fingerprint density at radius 1 is 1.50 bits per heavy atom. The quantitative estimate of drug-likeness (QED) is 0.751. The second kappa shape index (κ2) is 3.48. The van der Waals surface area contributed by atoms with Crippen molar-refractivity contribution >= 4 is 28.7 Å². The maximum Gasteiger partial charge on any atom is 0.249 e. The molecule has 0 unspecified atom stereocenters. The maximum atomic E-state index is 11.7. The molecule has 2 aromatic rings. The molecule has 0 saturated heterocycles. The summed E-state index contributed by atoms with van der Waals surface area (Å²) in [6.45, 7) is 0. The van der Waals surface area contributed by atoms with Gasteiger partial charge < -0.3 is 4.74 Å². The van der Waals surface area contributed by atoms with Gasteiger partial charge in [-0.2, -0.15) is 4.68 Å². The van der Waals surface area contributed by atoms with Crippen LogP contribution in [-0.4, -0.2) is 33.8 Å². The van der Waals surface area contributed by atoms with E-state index in [4.69, 9.17) is 4.74 Å². The molecule has 1 aromatic carbocycles. The number of thioether (sulfide) groups is 1. The minimum atomic E-state index is -0.00100. The molecule has 0 atom stereocenters. The summed E-state index contributed by atoms with van der Waals surface area (Å²) in [6.07, 6.45) is 0.486. The molecule has 2 heterocycles. The molecular formula is C10H9N3O2S. The zero-order valence-electron chi connectivity index (χ0n) is 8.64. The summed E-state index contributed by atoms with van der Waals surface area (Å²) in [6, 6.07) is 3.72. The Morgan fingerprint density at radius 3 is 3.19 bits per heavy atom. The fraction of sp³-hybridized carbons (Fsp3) is 0.300. The zero-order valence-corrected chi connectivity index (χ0v) is 9.45. The number of carbonyl (C=O) groups is 1. The van der Waals surface area contributed by atoms with E-state index in [1.54, 1.807) is 24.9 Å². The third-order valence-electron chi connectivity index (χ3n) is 2.53. The van der Waals surface area contributed by atoms with Crippen LogP contribution < -0.4 is 4.74 Å². The lowest BCUT2D eigenvalue weighted by atomic mass is 10.3. The van der Waals surface area contributed by atoms with Crippen molar-refractivity contribution in [3.63, 3.8) is 0 Å². The second-order valence-corrected chi connectivity index (χ2v) is 4.62. The second-order valence-electron chi connectivity index (χ2n) is 3.49. The molecule has 1 aliphatic rings. The first-order chi connectivity index (χ1) is 7.79. The Hall–Kier alpha value is -1.56. The smallest absolute Gasteiger partial charge is 0.249 e. The third kappa shape index (κ3) is 1.30. The van der Waals surface area contributed by atoms with Crippen molar-refractivity contribution in [2.24, 2.45) is 0 Å². The summed E-state index contributed by atoms with van der Waals surface area (Å²) in [5, 5.41) is 7.88. The number of rotatable bonds is 1. The molecule has 0 amide bonds. The van der Waals surface area contributed by atoms with Crippen molar-refractivity contribution < 1.29 is 9.53 Å². The Bertz CT molecular complexity index is 579. The van der Waals surface area contributed by atoms with Crippen molar-refractivity contribution in [1.82, 2.24) is 15.0 Å². The molecule has 0 radical (unpaired) electrons. The van der Waals surface area contributed by atoms with Crippen LogP contribution in [-0.2, 0) is 0 Å². The first kappa shape index (κ1) is 9.65. The highest BCUT2D eigenvalue weighted by Gasteiger charge is 2.20. The van der Waals surface area contributed by atoms with Gasteiger partial charge in [0, 0.05) is 23.1 Å². The molecule has 82 valence electrons. The number of benzene rings is 1. The van der Waals surface area contributed by atoms with Crippen molar-refractivity contribution in [3.8, 4) is 5.75 Å². The maximum absolute atomic E-state index is 11.7. The molecule has 0 aliphatic carbocycles. The normalized spacial score (nSPS) is 15.2. The summed E-state index contributed by atoms with van der Waals surface area (Å²) in [7, 11) is 1.62. The topological polar surface area (TPSA) is 57.0 Å². The minimum Gasteiger partial charge on any atom is -0.497 e. The van der Waals surface area contributed by atoms with Gasteiger partial charge in [-0.25, -0.2) is 0 Å². The van der Waals surface area contributed by atoms with E-state index in [2.05, 4.69) is 10.3 Å². The van der Waals surface area contributed by atoms with E-state index in [0.717, 1.165) is 21.9 Å². The van der Waals surface area contributed by atoms with E-state index >= 15 is 0 Å². The molecule has 1 aliphatic heterocycles. The van der Waals surface area contributed by atoms with Gasteiger partial charge in [-0.3, -0.25) is 4.79 Å². The fourth-order valence-electron chi connectivity index (χ4n) is 1.75. The van der Waals surface area contributed by atoms with Crippen LogP contribution in [0.25, 0.3) is 11.0 Å². The van der Waals surface area contributed by atoms with Crippen LogP contribution in [0.5, 0.6) is 5.75 Å². The van der Waals surface area contributed by atoms with E-state index < -0.39 is 0 Å². The Labute approximate surface area is 95.8 Å². The van der Waals surface area contributed by atoms with Gasteiger partial charge in [0.1, 0.15) is 16.8 Å². The van der Waals surface area contributed by atoms with E-state index in [1.165, 1.54) is 4.68 Å². The van der Waals surface area contributed by atoms with Gasteiger partial charge in [0.05, 0.1) is 7.11 Å². The predicted octanol–water partition coefficient (Wildman–Crippen LogP) is 1.58. The number of hydrogen-bond donors (Lipinski definition) is 0. The van der Waals surface area contributed by atoms with Gasteiger partial charge in [-0.1, -0.05) is 5.21 Å². The highest BCUT2D eigenvalue weighted by atomic mass is 32.2. The minimum absolute atomic E-state index is 0.00100. The number of aromatic nitrogens is 3. The van der Waals surface area contributed by atoms with Crippen LogP contribution in [0.15, 0.2) is 17.0 Å². The van der Waals surface area contributed by atoms with Crippen molar-refractivity contribution in [2.75, 3.05) is 12.9 Å². The van der Waals surface area contributed by atoms with Crippen molar-refractivity contribution in [1.29, 1.82) is 0 Å². The van der Waals surface area contributed by atoms with Crippen LogP contribution in [0.2, 0.25) is 0 Å². The molecule has 6 heteroatoms. The van der Waals surface area contributed by atoms with Crippen molar-refractivity contribution in [3.05, 3.63) is 12.1 Å². The number of ether oxygens (including phenoxy) is 1. The zero-order chi connectivity index (χ0) is 11.1. The fourth-order valence-corrected chi connectivity index (χ4v) is 2.78. The van der Waals surface area contributed by atoms with Gasteiger partial charge in [-0.05, 0) is 6.07 Å². The molecule has 0 spiro atoms. The van der Waals surface area contributed by atoms with Crippen LogP contribution in [0, 0.1) is 0 Å². The molecular weight excluding hydrogens is 226 g/mol. The van der Waals surface area contributed by atoms with E-state index in [-0.39, 0.29) is 5.91 Å². The average molecular weight is 235 g/mol. The number of methoxy groups -OCH3 is 1. The highest BCUT2D eigenvalue weighted by Crippen LogP contribution is 2.33. The first-order valence-corrected chi connectivity index (χ1v) is 5.87. The van der Waals surface area contributed by atoms with Crippen LogP contribution >= 0.6 is 11.8 Å². The largest absolute Gasteiger partial charge is 0.497 e. The van der Waals surface area contributed by atoms with E-state index in [1.807, 2.05) is 6.07 Å². The number of hydrogen-bond acceptors (Lipinski definition) is 5. The van der Waals surface area contributed by atoms with Crippen LogP contribution in [0.3, 0.4) is 0 Å². The highest BCUT2D eigenvalue weighted by molar-refractivity contribution is 7.99. The van der Waals surface area contributed by atoms with Gasteiger partial charge in [0.15, 0.2) is 0 Å². The lowest BCUT2D eigenvalue weighted by Gasteiger charge is -2.03. The molecule has 3 rings (SSSR count). The molecule has 16 heavy (non-hydrogen) atoms. The molecule has 1 aromatic heterocycles. The first-order valence-electron chi connectivity index (χ1n) is 4.89. The standard InChI is InChI=1S/C10H9N3O2S/c1-15-6-4-7-10-8(5-6)16-3-2-9(14)13(10)12-11-7/h4-5H,2-3H2,1H3. The Balaban J connectivity index is 2.35. The summed E-state index contributed by atoms with van der Waals surface area (Å²) < 4.78 is 6.58. The summed E-state index contributed by atoms with van der Waals surface area (Å²) in [5.74, 6) is 1.51. The van der Waals surface area contributed by atoms with Gasteiger partial charge in [0.2, 0.25) is 5.91 Å². The lowest BCUT2D eigenvalue weighted by Crippen LogP contribution is -2.11. The molecule has 0 saturated carbocycles. The predicted molar refractivity (Wildman–Crippen MR) is 60.0 cm³/mol. The SMILES string of the molecule is COc1cc2c3c(c1)nnn3C(=O)CCS2. The Kier molecular flexibility index (Phi) is 2.10. The van der Waals surface area contributed by atoms with Gasteiger partial charge in [-0.15, -0.1) is 16.9 Å².